The third-order valence-electron chi connectivity index (χ3n) is 3.49. The summed E-state index contributed by atoms with van der Waals surface area (Å²) < 4.78 is 29.4. The van der Waals surface area contributed by atoms with Crippen molar-refractivity contribution in [2.75, 3.05) is 0 Å². The van der Waals surface area contributed by atoms with Gasteiger partial charge < -0.3 is 5.73 Å². The number of aryl methyl sites for hydroxylation is 4. The van der Waals surface area contributed by atoms with E-state index >= 15 is 0 Å². The molecule has 0 unspecified atom stereocenters. The van der Waals surface area contributed by atoms with Crippen LogP contribution in [0, 0.1) is 27.7 Å². The maximum Gasteiger partial charge on any atom is 0.287 e. The molecule has 134 valence electrons. The Bertz CT molecular complexity index is 900. The Morgan fingerprint density at radius 3 is 1.92 bits per heavy atom. The zero-order chi connectivity index (χ0) is 19.2. The van der Waals surface area contributed by atoms with E-state index in [1.807, 2.05) is 58.0 Å². The van der Waals surface area contributed by atoms with Gasteiger partial charge in [-0.15, -0.1) is 0 Å². The van der Waals surface area contributed by atoms with E-state index in [-0.39, 0.29) is 5.91 Å². The number of amides is 1. The third kappa shape index (κ3) is 7.32. The molecule has 0 aliphatic carbocycles. The molecule has 0 saturated carbocycles. The van der Waals surface area contributed by atoms with Gasteiger partial charge in [0, 0.05) is 5.56 Å². The standard InChI is InChI=1S/C10H12O3S.C9H11NO/c1-8-3-4-10(9(2)7-8)5-6-14(11,12)13;1-6-3-4-8(9(10)11)7(2)5-6/h3-7H,1-2H3,(H,11,12,13);3-5H,1-2H3,(H2,10,11). The summed E-state index contributed by atoms with van der Waals surface area (Å²) in [7, 11) is -4.03. The average molecular weight is 361 g/mol. The van der Waals surface area contributed by atoms with Crippen molar-refractivity contribution in [1.82, 2.24) is 0 Å². The summed E-state index contributed by atoms with van der Waals surface area (Å²) in [6.45, 7) is 7.71. The number of nitrogens with two attached hydrogens (primary N) is 1. The summed E-state index contributed by atoms with van der Waals surface area (Å²) >= 11 is 0. The van der Waals surface area contributed by atoms with E-state index in [4.69, 9.17) is 10.3 Å². The van der Waals surface area contributed by atoms with Crippen LogP contribution in [0.5, 0.6) is 0 Å². The predicted octanol–water partition coefficient (Wildman–Crippen LogP) is 3.56. The second-order valence-corrected chi connectivity index (χ2v) is 7.16. The Kier molecular flexibility index (Phi) is 7.09. The molecule has 2 aromatic rings. The van der Waals surface area contributed by atoms with E-state index in [1.165, 1.54) is 6.08 Å². The number of carbonyl (C=O) groups excluding carboxylic acids is 1. The van der Waals surface area contributed by atoms with Gasteiger partial charge in [0.1, 0.15) is 0 Å². The van der Waals surface area contributed by atoms with Gasteiger partial charge in [0.2, 0.25) is 5.91 Å². The molecule has 0 aliphatic heterocycles. The van der Waals surface area contributed by atoms with Crippen molar-refractivity contribution in [3.05, 3.63) is 75.2 Å². The molecule has 0 bridgehead atoms. The van der Waals surface area contributed by atoms with Crippen molar-refractivity contribution in [3.8, 4) is 0 Å². The minimum absolute atomic E-state index is 0.359. The molecule has 3 N–H and O–H groups in total. The van der Waals surface area contributed by atoms with Crippen molar-refractivity contribution < 1.29 is 17.8 Å². The molecule has 5 nitrogen and oxygen atoms in total. The van der Waals surface area contributed by atoms with Gasteiger partial charge in [0.25, 0.3) is 10.1 Å². The molecule has 0 spiro atoms. The molecule has 0 fully saturated rings. The molecule has 0 aromatic heterocycles. The first-order valence-electron chi connectivity index (χ1n) is 7.59. The second kappa shape index (κ2) is 8.60. The minimum atomic E-state index is -4.03. The fourth-order valence-electron chi connectivity index (χ4n) is 2.26. The Morgan fingerprint density at radius 1 is 0.960 bits per heavy atom. The summed E-state index contributed by atoms with van der Waals surface area (Å²) in [6.07, 6.45) is 1.38. The molecule has 6 heteroatoms. The van der Waals surface area contributed by atoms with Crippen LogP contribution in [0.2, 0.25) is 0 Å². The van der Waals surface area contributed by atoms with Gasteiger partial charge in [0.15, 0.2) is 0 Å². The number of hydrogen-bond donors (Lipinski definition) is 2. The number of benzene rings is 2. The smallest absolute Gasteiger partial charge is 0.287 e. The fourth-order valence-corrected chi connectivity index (χ4v) is 2.58. The SMILES string of the molecule is Cc1ccc(C(N)=O)c(C)c1.Cc1ccc(C=CS(=O)(=O)O)c(C)c1. The Balaban J connectivity index is 0.000000257. The largest absolute Gasteiger partial charge is 0.366 e. The maximum absolute atomic E-state index is 10.8. The lowest BCUT2D eigenvalue weighted by Crippen LogP contribution is -2.12. The molecule has 2 aromatic carbocycles. The van der Waals surface area contributed by atoms with Crippen molar-refractivity contribution >= 4 is 22.1 Å². The molecular weight excluding hydrogens is 338 g/mol. The highest BCUT2D eigenvalue weighted by atomic mass is 32.2. The third-order valence-corrected chi connectivity index (χ3v) is 3.97. The lowest BCUT2D eigenvalue weighted by molar-refractivity contribution is 0.0999. The van der Waals surface area contributed by atoms with Crippen molar-refractivity contribution in [2.45, 2.75) is 27.7 Å². The Hall–Kier alpha value is -2.44. The van der Waals surface area contributed by atoms with Gasteiger partial charge in [-0.25, -0.2) is 0 Å². The quantitative estimate of drug-likeness (QED) is 0.817. The number of rotatable bonds is 3. The average Bonchev–Trinajstić information content (AvgIpc) is 2.45. The van der Waals surface area contributed by atoms with E-state index in [9.17, 15) is 13.2 Å². The van der Waals surface area contributed by atoms with Crippen molar-refractivity contribution in [3.63, 3.8) is 0 Å². The van der Waals surface area contributed by atoms with Crippen LogP contribution in [0.3, 0.4) is 0 Å². The number of hydrogen-bond acceptors (Lipinski definition) is 3. The van der Waals surface area contributed by atoms with Crippen LogP contribution in [-0.4, -0.2) is 18.9 Å². The Labute approximate surface area is 148 Å². The summed E-state index contributed by atoms with van der Waals surface area (Å²) in [6, 6.07) is 11.2. The van der Waals surface area contributed by atoms with Crippen LogP contribution in [0.15, 0.2) is 41.8 Å². The van der Waals surface area contributed by atoms with Crippen molar-refractivity contribution in [1.29, 1.82) is 0 Å². The van der Waals surface area contributed by atoms with E-state index < -0.39 is 10.1 Å². The van der Waals surface area contributed by atoms with E-state index in [1.54, 1.807) is 6.07 Å². The zero-order valence-electron chi connectivity index (χ0n) is 14.8. The van der Waals surface area contributed by atoms with E-state index in [2.05, 4.69) is 0 Å². The normalized spacial score (nSPS) is 11.1. The predicted molar refractivity (Wildman–Crippen MR) is 101 cm³/mol. The van der Waals surface area contributed by atoms with Gasteiger partial charge >= 0.3 is 0 Å². The highest BCUT2D eigenvalue weighted by molar-refractivity contribution is 7.88. The second-order valence-electron chi connectivity index (χ2n) is 5.86. The lowest BCUT2D eigenvalue weighted by Gasteiger charge is -2.01. The summed E-state index contributed by atoms with van der Waals surface area (Å²) in [5, 5.41) is 0.782. The zero-order valence-corrected chi connectivity index (χ0v) is 15.6. The number of primary amides is 1. The highest BCUT2D eigenvalue weighted by Crippen LogP contribution is 2.12. The van der Waals surface area contributed by atoms with Gasteiger partial charge in [-0.2, -0.15) is 8.42 Å². The van der Waals surface area contributed by atoms with Crippen LogP contribution in [0.4, 0.5) is 0 Å². The summed E-state index contributed by atoms with van der Waals surface area (Å²) in [4.78, 5) is 10.8. The first-order valence-corrected chi connectivity index (χ1v) is 9.10. The molecule has 0 aliphatic rings. The monoisotopic (exact) mass is 361 g/mol. The number of carbonyl (C=O) groups is 1. The molecule has 25 heavy (non-hydrogen) atoms. The fraction of sp³-hybridized carbons (Fsp3) is 0.211. The van der Waals surface area contributed by atoms with Gasteiger partial charge in [-0.1, -0.05) is 41.5 Å². The molecule has 1 amide bonds. The topological polar surface area (TPSA) is 97.5 Å². The minimum Gasteiger partial charge on any atom is -0.366 e. The lowest BCUT2D eigenvalue weighted by atomic mass is 10.1. The van der Waals surface area contributed by atoms with Crippen molar-refractivity contribution in [2.24, 2.45) is 5.73 Å². The van der Waals surface area contributed by atoms with E-state index in [0.29, 0.717) is 5.56 Å². The van der Waals surface area contributed by atoms with Crippen LogP contribution in [0.1, 0.15) is 38.2 Å². The maximum atomic E-state index is 10.8. The van der Waals surface area contributed by atoms with Crippen LogP contribution in [-0.2, 0) is 10.1 Å². The van der Waals surface area contributed by atoms with Crippen LogP contribution in [0.25, 0.3) is 6.08 Å². The summed E-state index contributed by atoms with van der Waals surface area (Å²) in [5.41, 5.74) is 10.7. The molecule has 0 radical (unpaired) electrons. The van der Waals surface area contributed by atoms with Crippen LogP contribution >= 0.6 is 0 Å². The van der Waals surface area contributed by atoms with Crippen LogP contribution < -0.4 is 5.73 Å². The molecule has 0 saturated heterocycles. The molecule has 0 heterocycles. The van der Waals surface area contributed by atoms with Gasteiger partial charge in [0.05, 0.1) is 5.41 Å². The molecule has 0 atom stereocenters. The molecular formula is C19H23NO4S. The van der Waals surface area contributed by atoms with Gasteiger partial charge in [-0.3, -0.25) is 9.35 Å². The Morgan fingerprint density at radius 2 is 1.48 bits per heavy atom. The summed E-state index contributed by atoms with van der Waals surface area (Å²) in [5.74, 6) is -0.359. The highest BCUT2D eigenvalue weighted by Gasteiger charge is 2.02. The van der Waals surface area contributed by atoms with E-state index in [0.717, 1.165) is 33.2 Å². The molecule has 2 rings (SSSR count). The first-order chi connectivity index (χ1) is 11.5. The first kappa shape index (κ1) is 20.6. The van der Waals surface area contributed by atoms with Gasteiger partial charge in [-0.05, 0) is 56.5 Å².